The monoisotopic (exact) mass is 335 g/mol. The highest BCUT2D eigenvalue weighted by Crippen LogP contribution is 2.21. The van der Waals surface area contributed by atoms with E-state index in [4.69, 9.17) is 0 Å². The van der Waals surface area contributed by atoms with E-state index in [0.717, 1.165) is 44.2 Å². The number of sulfonamides is 1. The van der Waals surface area contributed by atoms with E-state index >= 15 is 0 Å². The Morgan fingerprint density at radius 3 is 2.22 bits per heavy atom. The molecule has 1 aliphatic heterocycles. The topological polar surface area (TPSA) is 78.8 Å². The molecule has 1 aromatic carbocycles. The Morgan fingerprint density at radius 1 is 1.00 bits per heavy atom. The van der Waals surface area contributed by atoms with Gasteiger partial charge in [0.15, 0.2) is 0 Å². The van der Waals surface area contributed by atoms with Crippen LogP contribution in [0, 0.1) is 0 Å². The number of benzene rings is 1. The van der Waals surface area contributed by atoms with Gasteiger partial charge < -0.3 is 0 Å². The number of carbonyl (C=O) groups excluding carboxylic acids is 1. The average Bonchev–Trinajstić information content (AvgIpc) is 3.26. The van der Waals surface area contributed by atoms with Crippen molar-refractivity contribution in [3.8, 4) is 0 Å². The van der Waals surface area contributed by atoms with E-state index in [-0.39, 0.29) is 10.8 Å². The number of hydrogen-bond donors (Lipinski definition) is 1. The van der Waals surface area contributed by atoms with Gasteiger partial charge >= 0.3 is 0 Å². The number of carbonyl (C=O) groups is 1. The first-order valence-corrected chi connectivity index (χ1v) is 9.47. The van der Waals surface area contributed by atoms with Gasteiger partial charge in [0.2, 0.25) is 10.0 Å². The summed E-state index contributed by atoms with van der Waals surface area (Å²) in [5.41, 5.74) is 3.97. The number of amides is 1. The van der Waals surface area contributed by atoms with Crippen molar-refractivity contribution in [3.63, 3.8) is 0 Å². The van der Waals surface area contributed by atoms with Crippen molar-refractivity contribution in [1.29, 1.82) is 0 Å². The normalized spacial score (nSPS) is 19.0. The van der Waals surface area contributed by atoms with E-state index in [1.807, 2.05) is 0 Å². The molecule has 0 atom stereocenters. The summed E-state index contributed by atoms with van der Waals surface area (Å²) in [6.45, 7) is 1.14. The molecule has 7 heteroatoms. The van der Waals surface area contributed by atoms with Gasteiger partial charge in [-0.1, -0.05) is 0 Å². The predicted octanol–water partition coefficient (Wildman–Crippen LogP) is 2.13. The highest BCUT2D eigenvalue weighted by molar-refractivity contribution is 7.89. The zero-order valence-electron chi connectivity index (χ0n) is 13.0. The molecule has 2 fully saturated rings. The Hall–Kier alpha value is -1.73. The maximum absolute atomic E-state index is 12.4. The maximum atomic E-state index is 12.4. The molecule has 1 saturated carbocycles. The van der Waals surface area contributed by atoms with E-state index in [1.165, 1.54) is 28.6 Å². The summed E-state index contributed by atoms with van der Waals surface area (Å²) in [4.78, 5) is 12.3. The molecule has 1 aliphatic carbocycles. The van der Waals surface area contributed by atoms with Gasteiger partial charge in [-0.05, 0) is 62.8 Å². The molecule has 124 valence electrons. The fourth-order valence-corrected chi connectivity index (χ4v) is 4.46. The molecule has 23 heavy (non-hydrogen) atoms. The fourth-order valence-electron chi connectivity index (χ4n) is 2.95. The highest BCUT2D eigenvalue weighted by Gasteiger charge is 2.27. The van der Waals surface area contributed by atoms with E-state index in [1.54, 1.807) is 0 Å². The lowest BCUT2D eigenvalue weighted by atomic mass is 10.2. The lowest BCUT2D eigenvalue weighted by Gasteiger charge is -2.15. The molecule has 1 N–H and O–H groups in total. The van der Waals surface area contributed by atoms with E-state index in [9.17, 15) is 13.2 Å². The van der Waals surface area contributed by atoms with Crippen molar-refractivity contribution in [3.05, 3.63) is 29.8 Å². The molecule has 3 rings (SSSR count). The molecule has 1 aromatic rings. The van der Waals surface area contributed by atoms with E-state index in [2.05, 4.69) is 10.5 Å². The highest BCUT2D eigenvalue weighted by atomic mass is 32.2. The Bertz CT molecular complexity index is 697. The summed E-state index contributed by atoms with van der Waals surface area (Å²) in [6.07, 6.45) is 5.93. The zero-order valence-corrected chi connectivity index (χ0v) is 13.8. The lowest BCUT2D eigenvalue weighted by Crippen LogP contribution is -2.28. The number of rotatable bonds is 4. The van der Waals surface area contributed by atoms with Crippen LogP contribution in [-0.2, 0) is 10.0 Å². The summed E-state index contributed by atoms with van der Waals surface area (Å²) in [5.74, 6) is -0.311. The molecule has 0 unspecified atom stereocenters. The van der Waals surface area contributed by atoms with Crippen LogP contribution in [0.4, 0.5) is 0 Å². The summed E-state index contributed by atoms with van der Waals surface area (Å²) in [6, 6.07) is 6.05. The minimum Gasteiger partial charge on any atom is -0.267 e. The van der Waals surface area contributed by atoms with Crippen LogP contribution < -0.4 is 5.43 Å². The van der Waals surface area contributed by atoms with Crippen LogP contribution >= 0.6 is 0 Å². The van der Waals surface area contributed by atoms with Crippen LogP contribution in [0.5, 0.6) is 0 Å². The summed E-state index contributed by atoms with van der Waals surface area (Å²) < 4.78 is 26.3. The molecule has 1 amide bonds. The standard InChI is InChI=1S/C16H21N3O3S/c20-16(18-17-14-5-1-2-6-14)13-7-9-15(10-8-13)23(21,22)19-11-3-4-12-19/h7-10H,1-6,11-12H2,(H,18,20). The second kappa shape index (κ2) is 6.80. The van der Waals surface area contributed by atoms with Gasteiger partial charge in [-0.25, -0.2) is 13.8 Å². The van der Waals surface area contributed by atoms with Crippen LogP contribution in [0.2, 0.25) is 0 Å². The third kappa shape index (κ3) is 3.61. The van der Waals surface area contributed by atoms with Gasteiger partial charge in [-0.15, -0.1) is 0 Å². The fraction of sp³-hybridized carbons (Fsp3) is 0.500. The zero-order chi connectivity index (χ0) is 16.3. The molecule has 0 spiro atoms. The Kier molecular flexibility index (Phi) is 4.77. The first-order chi connectivity index (χ1) is 11.1. The van der Waals surface area contributed by atoms with Crippen molar-refractivity contribution in [2.24, 2.45) is 5.10 Å². The van der Waals surface area contributed by atoms with E-state index < -0.39 is 10.0 Å². The first kappa shape index (κ1) is 16.1. The molecule has 1 heterocycles. The number of nitrogens with one attached hydrogen (secondary N) is 1. The smallest absolute Gasteiger partial charge is 0.267 e. The second-order valence-corrected chi connectivity index (χ2v) is 7.90. The van der Waals surface area contributed by atoms with Crippen LogP contribution in [0.25, 0.3) is 0 Å². The molecule has 1 saturated heterocycles. The minimum atomic E-state index is -3.43. The number of hydrogen-bond acceptors (Lipinski definition) is 4. The second-order valence-electron chi connectivity index (χ2n) is 5.96. The quantitative estimate of drug-likeness (QED) is 0.856. The summed E-state index contributed by atoms with van der Waals surface area (Å²) in [5, 5.41) is 4.12. The Balaban J connectivity index is 1.69. The van der Waals surface area contributed by atoms with Crippen LogP contribution in [-0.4, -0.2) is 37.4 Å². The molecular weight excluding hydrogens is 314 g/mol. The SMILES string of the molecule is O=C(NN=C1CCCC1)c1ccc(S(=O)(=O)N2CCCC2)cc1. The van der Waals surface area contributed by atoms with Crippen LogP contribution in [0.15, 0.2) is 34.3 Å². The van der Waals surface area contributed by atoms with Crippen molar-refractivity contribution in [2.45, 2.75) is 43.4 Å². The first-order valence-electron chi connectivity index (χ1n) is 8.03. The van der Waals surface area contributed by atoms with Crippen molar-refractivity contribution in [1.82, 2.24) is 9.73 Å². The Labute approximate surface area is 136 Å². The maximum Gasteiger partial charge on any atom is 0.271 e. The minimum absolute atomic E-state index is 0.234. The van der Waals surface area contributed by atoms with Crippen molar-refractivity contribution in [2.75, 3.05) is 13.1 Å². The predicted molar refractivity (Wildman–Crippen MR) is 87.8 cm³/mol. The van der Waals surface area contributed by atoms with Gasteiger partial charge in [0, 0.05) is 24.4 Å². The van der Waals surface area contributed by atoms with Gasteiger partial charge in [-0.3, -0.25) is 4.79 Å². The van der Waals surface area contributed by atoms with Crippen molar-refractivity contribution >= 4 is 21.6 Å². The molecular formula is C16H21N3O3S. The van der Waals surface area contributed by atoms with Crippen LogP contribution in [0.3, 0.4) is 0 Å². The van der Waals surface area contributed by atoms with Gasteiger partial charge in [0.1, 0.15) is 0 Å². The molecule has 0 aromatic heterocycles. The van der Waals surface area contributed by atoms with Crippen LogP contribution in [0.1, 0.15) is 48.9 Å². The molecule has 6 nitrogen and oxygen atoms in total. The number of hydrazone groups is 1. The van der Waals surface area contributed by atoms with Gasteiger partial charge in [-0.2, -0.15) is 9.41 Å². The largest absolute Gasteiger partial charge is 0.271 e. The Morgan fingerprint density at radius 2 is 1.61 bits per heavy atom. The molecule has 0 bridgehead atoms. The third-order valence-corrected chi connectivity index (χ3v) is 6.23. The lowest BCUT2D eigenvalue weighted by molar-refractivity contribution is 0.0954. The van der Waals surface area contributed by atoms with Gasteiger partial charge in [0.25, 0.3) is 5.91 Å². The number of nitrogens with zero attached hydrogens (tertiary/aromatic N) is 2. The summed E-state index contributed by atoms with van der Waals surface area (Å²) >= 11 is 0. The molecule has 2 aliphatic rings. The third-order valence-electron chi connectivity index (χ3n) is 4.32. The summed E-state index contributed by atoms with van der Waals surface area (Å²) in [7, 11) is -3.43. The van der Waals surface area contributed by atoms with E-state index in [0.29, 0.717) is 18.7 Å². The van der Waals surface area contributed by atoms with Crippen molar-refractivity contribution < 1.29 is 13.2 Å². The van der Waals surface area contributed by atoms with Gasteiger partial charge in [0.05, 0.1) is 4.90 Å². The average molecular weight is 335 g/mol. The molecule has 0 radical (unpaired) electrons.